The number of aliphatic hydroxyl groups is 2. The summed E-state index contributed by atoms with van der Waals surface area (Å²) >= 11 is 0. The zero-order valence-electron chi connectivity index (χ0n) is 11.0. The third-order valence-corrected chi connectivity index (χ3v) is 2.73. The summed E-state index contributed by atoms with van der Waals surface area (Å²) in [5.74, 6) is 0. The second kappa shape index (κ2) is 10.5. The standard InChI is InChI=1S/C10H22N2O2.H2O4S/c13-9-1-3-11-5-7-12(8-6-11)4-2-10-14;1-5(2,3)4/h13-14H,1-10H2;(H2,1,2,3,4). The van der Waals surface area contributed by atoms with Crippen molar-refractivity contribution in [2.45, 2.75) is 12.8 Å². The highest BCUT2D eigenvalue weighted by molar-refractivity contribution is 7.79. The third kappa shape index (κ3) is 13.9. The van der Waals surface area contributed by atoms with Gasteiger partial charge in [-0.05, 0) is 12.8 Å². The van der Waals surface area contributed by atoms with Gasteiger partial charge in [-0.25, -0.2) is 0 Å². The van der Waals surface area contributed by atoms with Crippen molar-refractivity contribution in [3.8, 4) is 0 Å². The van der Waals surface area contributed by atoms with Gasteiger partial charge in [0.05, 0.1) is 0 Å². The molecule has 116 valence electrons. The van der Waals surface area contributed by atoms with Crippen LogP contribution in [0, 0.1) is 0 Å². The largest absolute Gasteiger partial charge is 0.396 e. The molecular formula is C10H24N2O6S. The molecule has 0 aliphatic carbocycles. The second-order valence-electron chi connectivity index (χ2n) is 4.29. The van der Waals surface area contributed by atoms with Crippen molar-refractivity contribution in [1.82, 2.24) is 9.80 Å². The summed E-state index contributed by atoms with van der Waals surface area (Å²) in [6.45, 7) is 7.04. The van der Waals surface area contributed by atoms with E-state index >= 15 is 0 Å². The lowest BCUT2D eigenvalue weighted by atomic mass is 10.2. The number of rotatable bonds is 6. The van der Waals surface area contributed by atoms with Crippen molar-refractivity contribution in [2.24, 2.45) is 0 Å². The summed E-state index contributed by atoms with van der Waals surface area (Å²) in [6, 6.07) is 0. The van der Waals surface area contributed by atoms with Crippen LogP contribution < -0.4 is 0 Å². The predicted octanol–water partition coefficient (Wildman–Crippen LogP) is -1.28. The fourth-order valence-corrected chi connectivity index (χ4v) is 1.83. The normalized spacial score (nSPS) is 17.9. The van der Waals surface area contributed by atoms with Gasteiger partial charge in [0.1, 0.15) is 0 Å². The summed E-state index contributed by atoms with van der Waals surface area (Å²) in [5, 5.41) is 17.4. The molecule has 0 atom stereocenters. The average Bonchev–Trinajstić information content (AvgIpc) is 2.33. The number of aliphatic hydroxyl groups excluding tert-OH is 2. The van der Waals surface area contributed by atoms with E-state index in [4.69, 9.17) is 27.7 Å². The maximum atomic E-state index is 8.74. The van der Waals surface area contributed by atoms with E-state index in [-0.39, 0.29) is 0 Å². The van der Waals surface area contributed by atoms with Crippen LogP contribution in [0.3, 0.4) is 0 Å². The lowest BCUT2D eigenvalue weighted by molar-refractivity contribution is 0.118. The molecular weight excluding hydrogens is 276 g/mol. The van der Waals surface area contributed by atoms with Gasteiger partial charge in [0.2, 0.25) is 0 Å². The number of hydrogen-bond acceptors (Lipinski definition) is 6. The number of hydrogen-bond donors (Lipinski definition) is 4. The third-order valence-electron chi connectivity index (χ3n) is 2.73. The Kier molecular flexibility index (Phi) is 10.3. The highest BCUT2D eigenvalue weighted by Crippen LogP contribution is 2.02. The van der Waals surface area contributed by atoms with Crippen LogP contribution in [0.2, 0.25) is 0 Å². The van der Waals surface area contributed by atoms with Gasteiger partial charge < -0.3 is 20.0 Å². The zero-order valence-corrected chi connectivity index (χ0v) is 11.8. The molecule has 1 aliphatic heterocycles. The van der Waals surface area contributed by atoms with Crippen molar-refractivity contribution in [1.29, 1.82) is 0 Å². The quantitative estimate of drug-likeness (QED) is 0.447. The van der Waals surface area contributed by atoms with E-state index < -0.39 is 10.4 Å². The van der Waals surface area contributed by atoms with Crippen LogP contribution in [0.4, 0.5) is 0 Å². The molecule has 19 heavy (non-hydrogen) atoms. The summed E-state index contributed by atoms with van der Waals surface area (Å²) < 4.78 is 31.6. The van der Waals surface area contributed by atoms with Gasteiger partial charge in [0, 0.05) is 52.5 Å². The minimum atomic E-state index is -4.67. The first-order valence-electron chi connectivity index (χ1n) is 6.23. The molecule has 0 spiro atoms. The first kappa shape index (κ1) is 18.7. The molecule has 0 amide bonds. The van der Waals surface area contributed by atoms with E-state index in [1.165, 1.54) is 0 Å². The first-order valence-corrected chi connectivity index (χ1v) is 7.63. The van der Waals surface area contributed by atoms with Crippen LogP contribution in [-0.2, 0) is 10.4 Å². The molecule has 8 nitrogen and oxygen atoms in total. The molecule has 1 rings (SSSR count). The highest BCUT2D eigenvalue weighted by atomic mass is 32.3. The highest BCUT2D eigenvalue weighted by Gasteiger charge is 2.15. The smallest absolute Gasteiger partial charge is 0.394 e. The van der Waals surface area contributed by atoms with E-state index in [0.717, 1.165) is 52.1 Å². The zero-order chi connectivity index (χ0) is 14.7. The van der Waals surface area contributed by atoms with Crippen LogP contribution in [0.5, 0.6) is 0 Å². The molecule has 0 aromatic heterocycles. The molecule has 0 aromatic carbocycles. The Balaban J connectivity index is 0.000000555. The lowest BCUT2D eigenvalue weighted by Crippen LogP contribution is -2.46. The molecule has 1 heterocycles. The van der Waals surface area contributed by atoms with E-state index in [2.05, 4.69) is 9.80 Å². The minimum Gasteiger partial charge on any atom is -0.396 e. The Morgan fingerprint density at radius 3 is 1.26 bits per heavy atom. The molecule has 1 aliphatic rings. The summed E-state index contributed by atoms with van der Waals surface area (Å²) in [4.78, 5) is 4.79. The van der Waals surface area contributed by atoms with Crippen LogP contribution in [0.25, 0.3) is 0 Å². The SMILES string of the molecule is O=S(=O)(O)O.OCCCN1CCN(CCCO)CC1. The maximum absolute atomic E-state index is 8.74. The van der Waals surface area contributed by atoms with Crippen LogP contribution in [0.1, 0.15) is 12.8 Å². The van der Waals surface area contributed by atoms with E-state index in [9.17, 15) is 0 Å². The second-order valence-corrected chi connectivity index (χ2v) is 5.18. The van der Waals surface area contributed by atoms with Gasteiger partial charge in [-0.1, -0.05) is 0 Å². The number of piperazine rings is 1. The summed E-state index contributed by atoms with van der Waals surface area (Å²) in [6.07, 6.45) is 1.77. The van der Waals surface area contributed by atoms with Crippen molar-refractivity contribution >= 4 is 10.4 Å². The van der Waals surface area contributed by atoms with Crippen LogP contribution >= 0.6 is 0 Å². The van der Waals surface area contributed by atoms with Crippen molar-refractivity contribution in [3.63, 3.8) is 0 Å². The fraction of sp³-hybridized carbons (Fsp3) is 1.00. The summed E-state index contributed by atoms with van der Waals surface area (Å²) in [5.41, 5.74) is 0. The number of nitrogens with zero attached hydrogens (tertiary/aromatic N) is 2. The summed E-state index contributed by atoms with van der Waals surface area (Å²) in [7, 11) is -4.67. The predicted molar refractivity (Wildman–Crippen MR) is 70.5 cm³/mol. The first-order chi connectivity index (χ1) is 8.86. The van der Waals surface area contributed by atoms with Crippen molar-refractivity contribution in [3.05, 3.63) is 0 Å². The van der Waals surface area contributed by atoms with Gasteiger partial charge in [-0.2, -0.15) is 8.42 Å². The van der Waals surface area contributed by atoms with Crippen molar-refractivity contribution in [2.75, 3.05) is 52.5 Å². The van der Waals surface area contributed by atoms with Gasteiger partial charge in [0.25, 0.3) is 0 Å². The maximum Gasteiger partial charge on any atom is 0.394 e. The molecule has 4 N–H and O–H groups in total. The lowest BCUT2D eigenvalue weighted by Gasteiger charge is -2.34. The Hall–Kier alpha value is -0.290. The van der Waals surface area contributed by atoms with E-state index in [1.807, 2.05) is 0 Å². The molecule has 0 aromatic rings. The van der Waals surface area contributed by atoms with Gasteiger partial charge in [-0.15, -0.1) is 0 Å². The average molecular weight is 300 g/mol. The Bertz CT molecular complexity index is 279. The molecule has 0 saturated carbocycles. The van der Waals surface area contributed by atoms with Gasteiger partial charge in [0.15, 0.2) is 0 Å². The molecule has 9 heteroatoms. The van der Waals surface area contributed by atoms with Crippen LogP contribution in [0.15, 0.2) is 0 Å². The Morgan fingerprint density at radius 1 is 0.789 bits per heavy atom. The molecule has 1 saturated heterocycles. The monoisotopic (exact) mass is 300 g/mol. The van der Waals surface area contributed by atoms with Gasteiger partial charge >= 0.3 is 10.4 Å². The Labute approximate surface area is 114 Å². The van der Waals surface area contributed by atoms with Gasteiger partial charge in [-0.3, -0.25) is 9.11 Å². The topological polar surface area (TPSA) is 122 Å². The molecule has 0 unspecified atom stereocenters. The van der Waals surface area contributed by atoms with Crippen LogP contribution in [-0.4, -0.2) is 90.0 Å². The Morgan fingerprint density at radius 2 is 1.05 bits per heavy atom. The molecule has 0 bridgehead atoms. The fourth-order valence-electron chi connectivity index (χ4n) is 1.83. The molecule has 0 radical (unpaired) electrons. The van der Waals surface area contributed by atoms with E-state index in [1.54, 1.807) is 0 Å². The minimum absolute atomic E-state index is 0.296. The molecule has 1 fully saturated rings. The van der Waals surface area contributed by atoms with E-state index in [0.29, 0.717) is 13.2 Å². The van der Waals surface area contributed by atoms with Crippen molar-refractivity contribution < 1.29 is 27.7 Å².